The Kier molecular flexibility index (Phi) is 3.21. The van der Waals surface area contributed by atoms with Crippen molar-refractivity contribution in [1.29, 1.82) is 0 Å². The monoisotopic (exact) mass is 257 g/mol. The molecular weight excluding hydrogens is 246 g/mol. The number of para-hydroxylation sites is 1. The molecule has 1 N–H and O–H groups in total. The predicted octanol–water partition coefficient (Wildman–Crippen LogP) is 2.11. The second-order valence-electron chi connectivity index (χ2n) is 3.75. The fraction of sp³-hybridized carbons (Fsp3) is 0.273. The summed E-state index contributed by atoms with van der Waals surface area (Å²) in [7, 11) is -2.88. The molecule has 0 unspecified atom stereocenters. The summed E-state index contributed by atoms with van der Waals surface area (Å²) in [5.74, 6) is 0.316. The van der Waals surface area contributed by atoms with Crippen molar-refractivity contribution in [2.75, 3.05) is 23.4 Å². The second-order valence-corrected chi connectivity index (χ2v) is 6.27. The molecule has 0 fully saturated rings. The lowest BCUT2D eigenvalue weighted by Gasteiger charge is -2.08. The lowest BCUT2D eigenvalue weighted by atomic mass is 10.2. The third-order valence-electron chi connectivity index (χ3n) is 2.41. The third kappa shape index (κ3) is 2.77. The van der Waals surface area contributed by atoms with Crippen LogP contribution in [0.5, 0.6) is 0 Å². The van der Waals surface area contributed by atoms with Gasteiger partial charge in [0.25, 0.3) is 0 Å². The van der Waals surface area contributed by atoms with Crippen molar-refractivity contribution in [3.63, 3.8) is 0 Å². The molecule has 1 aromatic rings. The van der Waals surface area contributed by atoms with Crippen LogP contribution in [0, 0.1) is 0 Å². The van der Waals surface area contributed by atoms with Gasteiger partial charge in [0.15, 0.2) is 9.84 Å². The lowest BCUT2D eigenvalue weighted by Crippen LogP contribution is -2.09. The second kappa shape index (κ2) is 4.47. The summed E-state index contributed by atoms with van der Waals surface area (Å²) >= 11 is 5.97. The molecule has 1 heterocycles. The molecule has 0 aromatic heterocycles. The Hall–Kier alpha value is -1.00. The van der Waals surface area contributed by atoms with Gasteiger partial charge in [-0.05, 0) is 17.7 Å². The standard InChI is InChI=1S/C11H12ClNO2S/c12-10-3-1-2-4-11(10)13-7-9-5-6-16(14,15)8-9/h1-5,13H,6-8H2. The SMILES string of the molecule is O=S1(=O)CC=C(CNc2ccccc2Cl)C1. The minimum atomic E-state index is -2.88. The van der Waals surface area contributed by atoms with Crippen LogP contribution in [0.3, 0.4) is 0 Å². The molecule has 16 heavy (non-hydrogen) atoms. The van der Waals surface area contributed by atoms with Crippen molar-refractivity contribution in [2.45, 2.75) is 0 Å². The number of hydrogen-bond acceptors (Lipinski definition) is 3. The van der Waals surface area contributed by atoms with Gasteiger partial charge >= 0.3 is 0 Å². The van der Waals surface area contributed by atoms with Crippen LogP contribution in [0.2, 0.25) is 5.02 Å². The van der Waals surface area contributed by atoms with Crippen LogP contribution in [-0.2, 0) is 9.84 Å². The van der Waals surface area contributed by atoms with Crippen molar-refractivity contribution in [3.8, 4) is 0 Å². The highest BCUT2D eigenvalue weighted by Crippen LogP contribution is 2.21. The fourth-order valence-electron chi connectivity index (χ4n) is 1.58. The number of anilines is 1. The molecular formula is C11H12ClNO2S. The summed E-state index contributed by atoms with van der Waals surface area (Å²) in [6, 6.07) is 7.40. The average Bonchev–Trinajstić information content (AvgIpc) is 2.57. The van der Waals surface area contributed by atoms with Gasteiger partial charge in [-0.15, -0.1) is 0 Å². The van der Waals surface area contributed by atoms with E-state index in [1.165, 1.54) is 0 Å². The van der Waals surface area contributed by atoms with Gasteiger partial charge in [-0.25, -0.2) is 8.42 Å². The maximum absolute atomic E-state index is 11.2. The third-order valence-corrected chi connectivity index (χ3v) is 4.23. The molecule has 0 amide bonds. The minimum Gasteiger partial charge on any atom is -0.380 e. The average molecular weight is 258 g/mol. The van der Waals surface area contributed by atoms with Crippen molar-refractivity contribution in [1.82, 2.24) is 0 Å². The van der Waals surface area contributed by atoms with Gasteiger partial charge < -0.3 is 5.32 Å². The van der Waals surface area contributed by atoms with Gasteiger partial charge in [-0.2, -0.15) is 0 Å². The van der Waals surface area contributed by atoms with E-state index >= 15 is 0 Å². The van der Waals surface area contributed by atoms with E-state index in [1.54, 1.807) is 12.1 Å². The molecule has 0 saturated carbocycles. The van der Waals surface area contributed by atoms with Crippen LogP contribution in [0.25, 0.3) is 0 Å². The smallest absolute Gasteiger partial charge is 0.157 e. The van der Waals surface area contributed by atoms with Crippen LogP contribution in [0.1, 0.15) is 0 Å². The number of nitrogens with one attached hydrogen (secondary N) is 1. The molecule has 0 atom stereocenters. The van der Waals surface area contributed by atoms with Crippen LogP contribution in [0.15, 0.2) is 35.9 Å². The van der Waals surface area contributed by atoms with E-state index < -0.39 is 9.84 Å². The molecule has 86 valence electrons. The molecule has 0 saturated heterocycles. The minimum absolute atomic E-state index is 0.157. The van der Waals surface area contributed by atoms with Gasteiger partial charge in [-0.1, -0.05) is 29.8 Å². The van der Waals surface area contributed by atoms with E-state index in [-0.39, 0.29) is 11.5 Å². The van der Waals surface area contributed by atoms with Gasteiger partial charge in [0.05, 0.1) is 22.2 Å². The van der Waals surface area contributed by atoms with Crippen molar-refractivity contribution in [2.24, 2.45) is 0 Å². The van der Waals surface area contributed by atoms with E-state index in [9.17, 15) is 8.42 Å². The highest BCUT2D eigenvalue weighted by molar-refractivity contribution is 7.92. The Morgan fingerprint density at radius 3 is 2.69 bits per heavy atom. The van der Waals surface area contributed by atoms with Gasteiger partial charge in [0, 0.05) is 6.54 Å². The van der Waals surface area contributed by atoms with Gasteiger partial charge in [-0.3, -0.25) is 0 Å². The number of benzene rings is 1. The van der Waals surface area contributed by atoms with E-state index in [0.717, 1.165) is 11.3 Å². The lowest BCUT2D eigenvalue weighted by molar-refractivity contribution is 0.603. The van der Waals surface area contributed by atoms with Crippen LogP contribution >= 0.6 is 11.6 Å². The Balaban J connectivity index is 1.97. The number of halogens is 1. The zero-order chi connectivity index (χ0) is 11.6. The first-order chi connectivity index (χ1) is 7.57. The maximum atomic E-state index is 11.2. The molecule has 0 bridgehead atoms. The van der Waals surface area contributed by atoms with E-state index in [4.69, 9.17) is 11.6 Å². The first-order valence-corrected chi connectivity index (χ1v) is 7.13. The highest BCUT2D eigenvalue weighted by Gasteiger charge is 2.19. The topological polar surface area (TPSA) is 46.2 Å². The number of sulfone groups is 1. The molecule has 2 rings (SSSR count). The van der Waals surface area contributed by atoms with E-state index in [2.05, 4.69) is 5.32 Å². The molecule has 0 radical (unpaired) electrons. The maximum Gasteiger partial charge on any atom is 0.157 e. The largest absolute Gasteiger partial charge is 0.380 e. The van der Waals surface area contributed by atoms with Gasteiger partial charge in [0.1, 0.15) is 0 Å². The molecule has 1 aliphatic heterocycles. The molecule has 0 aliphatic carbocycles. The first kappa shape index (κ1) is 11.5. The summed E-state index contributed by atoms with van der Waals surface area (Å²) in [5, 5.41) is 3.77. The normalized spacial score (nSPS) is 18.2. The highest BCUT2D eigenvalue weighted by atomic mass is 35.5. The molecule has 1 aromatic carbocycles. The van der Waals surface area contributed by atoms with E-state index in [0.29, 0.717) is 11.6 Å². The fourth-order valence-corrected chi connectivity index (χ4v) is 3.18. The first-order valence-electron chi connectivity index (χ1n) is 4.93. The molecule has 3 nitrogen and oxygen atoms in total. The zero-order valence-electron chi connectivity index (χ0n) is 8.61. The molecule has 1 aliphatic rings. The van der Waals surface area contributed by atoms with Crippen LogP contribution in [-0.4, -0.2) is 26.5 Å². The van der Waals surface area contributed by atoms with Crippen molar-refractivity contribution >= 4 is 27.1 Å². The summed E-state index contributed by atoms with van der Waals surface area (Å²) in [4.78, 5) is 0. The summed E-state index contributed by atoms with van der Waals surface area (Å²) < 4.78 is 22.4. The predicted molar refractivity (Wildman–Crippen MR) is 66.7 cm³/mol. The number of rotatable bonds is 3. The summed E-state index contributed by atoms with van der Waals surface area (Å²) in [5.41, 5.74) is 1.73. The van der Waals surface area contributed by atoms with Gasteiger partial charge in [0.2, 0.25) is 0 Å². The Labute approximate surface area is 100 Å². The quantitative estimate of drug-likeness (QED) is 0.844. The van der Waals surface area contributed by atoms with Crippen molar-refractivity contribution in [3.05, 3.63) is 40.9 Å². The zero-order valence-corrected chi connectivity index (χ0v) is 10.2. The van der Waals surface area contributed by atoms with Crippen molar-refractivity contribution < 1.29 is 8.42 Å². The Morgan fingerprint density at radius 1 is 1.31 bits per heavy atom. The number of hydrogen-bond donors (Lipinski definition) is 1. The van der Waals surface area contributed by atoms with E-state index in [1.807, 2.05) is 18.2 Å². The Morgan fingerprint density at radius 2 is 2.06 bits per heavy atom. The summed E-state index contributed by atoms with van der Waals surface area (Å²) in [6.07, 6.45) is 1.76. The summed E-state index contributed by atoms with van der Waals surface area (Å²) in [6.45, 7) is 0.531. The van der Waals surface area contributed by atoms with Crippen LogP contribution < -0.4 is 5.32 Å². The molecule has 0 spiro atoms. The molecule has 5 heteroatoms. The van der Waals surface area contributed by atoms with Crippen LogP contribution in [0.4, 0.5) is 5.69 Å². The Bertz CT molecular complexity index is 523.